The van der Waals surface area contributed by atoms with E-state index in [4.69, 9.17) is 14.2 Å². The normalized spacial score (nSPS) is 14.4. The number of carbonyl (C=O) groups excluding carboxylic acids is 1. The lowest BCUT2D eigenvalue weighted by Crippen LogP contribution is -2.35. The maximum absolute atomic E-state index is 13.6. The van der Waals surface area contributed by atoms with Crippen LogP contribution in [0.4, 0.5) is 4.39 Å². The van der Waals surface area contributed by atoms with Crippen LogP contribution in [0.25, 0.3) is 0 Å². The highest BCUT2D eigenvalue weighted by Crippen LogP contribution is 2.34. The molecule has 0 aliphatic carbocycles. The molecule has 0 radical (unpaired) electrons. The van der Waals surface area contributed by atoms with Gasteiger partial charge >= 0.3 is 0 Å². The molecular formula is C21H24FNO4. The molecule has 1 heterocycles. The minimum atomic E-state index is -0.492. The topological polar surface area (TPSA) is 56.8 Å². The van der Waals surface area contributed by atoms with Crippen LogP contribution in [0, 0.1) is 11.7 Å². The Morgan fingerprint density at radius 2 is 1.89 bits per heavy atom. The van der Waals surface area contributed by atoms with E-state index in [0.717, 1.165) is 12.0 Å². The zero-order valence-corrected chi connectivity index (χ0v) is 15.5. The quantitative estimate of drug-likeness (QED) is 0.835. The van der Waals surface area contributed by atoms with E-state index >= 15 is 0 Å². The summed E-state index contributed by atoms with van der Waals surface area (Å²) < 4.78 is 30.3. The van der Waals surface area contributed by atoms with Gasteiger partial charge in [-0.25, -0.2) is 4.39 Å². The molecule has 0 aromatic heterocycles. The number of fused-ring (bicyclic) bond motifs is 1. The molecule has 0 bridgehead atoms. The van der Waals surface area contributed by atoms with Gasteiger partial charge in [-0.05, 0) is 35.7 Å². The van der Waals surface area contributed by atoms with Crippen molar-refractivity contribution >= 4 is 5.91 Å². The molecule has 1 aliphatic heterocycles. The van der Waals surface area contributed by atoms with Gasteiger partial charge in [-0.1, -0.05) is 32.0 Å². The summed E-state index contributed by atoms with van der Waals surface area (Å²) in [6.45, 7) is 5.02. The van der Waals surface area contributed by atoms with Crippen LogP contribution in [0.3, 0.4) is 0 Å². The summed E-state index contributed by atoms with van der Waals surface area (Å²) in [5.74, 6) is 0.801. The summed E-state index contributed by atoms with van der Waals surface area (Å²) in [7, 11) is 0. The van der Waals surface area contributed by atoms with Gasteiger partial charge in [0.1, 0.15) is 0 Å². The Morgan fingerprint density at radius 1 is 1.15 bits per heavy atom. The van der Waals surface area contributed by atoms with Gasteiger partial charge in [0.05, 0.1) is 19.3 Å². The van der Waals surface area contributed by atoms with Crippen molar-refractivity contribution in [1.29, 1.82) is 0 Å². The third kappa shape index (κ3) is 4.90. The molecule has 144 valence electrons. The second-order valence-electron chi connectivity index (χ2n) is 6.76. The van der Waals surface area contributed by atoms with E-state index < -0.39 is 5.82 Å². The smallest absolute Gasteiger partial charge is 0.258 e. The maximum Gasteiger partial charge on any atom is 0.258 e. The first kappa shape index (κ1) is 19.0. The van der Waals surface area contributed by atoms with Crippen LogP contribution in [-0.2, 0) is 4.79 Å². The van der Waals surface area contributed by atoms with Crippen molar-refractivity contribution in [2.45, 2.75) is 26.3 Å². The van der Waals surface area contributed by atoms with E-state index in [1.807, 2.05) is 32.0 Å². The number of carbonyl (C=O) groups is 1. The zero-order valence-electron chi connectivity index (χ0n) is 15.5. The molecule has 2 aromatic carbocycles. The fraction of sp³-hybridized carbons (Fsp3) is 0.381. The Labute approximate surface area is 158 Å². The van der Waals surface area contributed by atoms with Crippen molar-refractivity contribution in [2.75, 3.05) is 19.8 Å². The van der Waals surface area contributed by atoms with Crippen molar-refractivity contribution in [3.05, 3.63) is 53.8 Å². The molecule has 0 saturated heterocycles. The SMILES string of the molecule is CC(C)[C@H](NC(=O)COc1ccccc1F)c1ccc2c(c1)OCCCO2. The molecule has 1 atom stereocenters. The van der Waals surface area contributed by atoms with E-state index in [-0.39, 0.29) is 30.2 Å². The molecule has 0 unspecified atom stereocenters. The summed E-state index contributed by atoms with van der Waals surface area (Å²) >= 11 is 0. The van der Waals surface area contributed by atoms with Crippen LogP contribution in [0.15, 0.2) is 42.5 Å². The van der Waals surface area contributed by atoms with Gasteiger partial charge in [0.15, 0.2) is 29.7 Å². The lowest BCUT2D eigenvalue weighted by Gasteiger charge is -2.24. The summed E-state index contributed by atoms with van der Waals surface area (Å²) in [5.41, 5.74) is 0.925. The van der Waals surface area contributed by atoms with Gasteiger partial charge in [0.2, 0.25) is 0 Å². The van der Waals surface area contributed by atoms with Crippen LogP contribution >= 0.6 is 0 Å². The van der Waals surface area contributed by atoms with Crippen molar-refractivity contribution < 1.29 is 23.4 Å². The van der Waals surface area contributed by atoms with Gasteiger partial charge < -0.3 is 19.5 Å². The van der Waals surface area contributed by atoms with E-state index in [9.17, 15) is 9.18 Å². The molecule has 1 amide bonds. The zero-order chi connectivity index (χ0) is 19.2. The minimum Gasteiger partial charge on any atom is -0.490 e. The minimum absolute atomic E-state index is 0.0596. The van der Waals surface area contributed by atoms with Crippen LogP contribution in [-0.4, -0.2) is 25.7 Å². The average molecular weight is 373 g/mol. The number of nitrogens with one attached hydrogen (secondary N) is 1. The van der Waals surface area contributed by atoms with Gasteiger partial charge in [-0.15, -0.1) is 0 Å². The highest BCUT2D eigenvalue weighted by molar-refractivity contribution is 5.78. The summed E-state index contributed by atoms with van der Waals surface area (Å²) in [6, 6.07) is 11.5. The third-order valence-corrected chi connectivity index (χ3v) is 4.31. The van der Waals surface area contributed by atoms with Crippen molar-refractivity contribution in [2.24, 2.45) is 5.92 Å². The number of para-hydroxylation sites is 1. The number of ether oxygens (including phenoxy) is 3. The molecule has 0 saturated carbocycles. The third-order valence-electron chi connectivity index (χ3n) is 4.31. The Bertz CT molecular complexity index is 794. The predicted octanol–water partition coefficient (Wildman–Crippen LogP) is 3.88. The van der Waals surface area contributed by atoms with E-state index in [0.29, 0.717) is 24.7 Å². The van der Waals surface area contributed by atoms with Gasteiger partial charge in [-0.2, -0.15) is 0 Å². The van der Waals surface area contributed by atoms with Crippen molar-refractivity contribution in [3.63, 3.8) is 0 Å². The first-order valence-electron chi connectivity index (χ1n) is 9.11. The lowest BCUT2D eigenvalue weighted by atomic mass is 9.95. The van der Waals surface area contributed by atoms with Gasteiger partial charge in [0.25, 0.3) is 5.91 Å². The molecule has 1 N–H and O–H groups in total. The number of amides is 1. The summed E-state index contributed by atoms with van der Waals surface area (Å²) in [5, 5.41) is 2.96. The molecule has 5 nitrogen and oxygen atoms in total. The highest BCUT2D eigenvalue weighted by Gasteiger charge is 2.21. The maximum atomic E-state index is 13.6. The Hall–Kier alpha value is -2.76. The second-order valence-corrected chi connectivity index (χ2v) is 6.76. The van der Waals surface area contributed by atoms with Gasteiger partial charge in [-0.3, -0.25) is 4.79 Å². The summed E-state index contributed by atoms with van der Waals surface area (Å²) in [4.78, 5) is 12.3. The largest absolute Gasteiger partial charge is 0.490 e. The Balaban J connectivity index is 1.68. The first-order valence-corrected chi connectivity index (χ1v) is 9.11. The Kier molecular flexibility index (Phi) is 6.16. The standard InChI is InChI=1S/C21H24FNO4/c1-14(2)21(15-8-9-18-19(12-15)26-11-5-10-25-18)23-20(24)13-27-17-7-4-3-6-16(17)22/h3-4,6-9,12,14,21H,5,10-11,13H2,1-2H3,(H,23,24)/t21-/m0/s1. The highest BCUT2D eigenvalue weighted by atomic mass is 19.1. The molecule has 2 aromatic rings. The Morgan fingerprint density at radius 3 is 2.63 bits per heavy atom. The molecule has 1 aliphatic rings. The predicted molar refractivity (Wildman–Crippen MR) is 99.7 cm³/mol. The first-order chi connectivity index (χ1) is 13.0. The van der Waals surface area contributed by atoms with Crippen LogP contribution in [0.5, 0.6) is 17.2 Å². The van der Waals surface area contributed by atoms with Crippen molar-refractivity contribution in [3.8, 4) is 17.2 Å². The molecule has 0 fully saturated rings. The fourth-order valence-electron chi connectivity index (χ4n) is 2.93. The van der Waals surface area contributed by atoms with Crippen LogP contribution in [0.1, 0.15) is 31.9 Å². The number of hydrogen-bond acceptors (Lipinski definition) is 4. The number of hydrogen-bond donors (Lipinski definition) is 1. The molecular weight excluding hydrogens is 349 g/mol. The van der Waals surface area contributed by atoms with Crippen molar-refractivity contribution in [1.82, 2.24) is 5.32 Å². The molecule has 3 rings (SSSR count). The molecule has 6 heteroatoms. The van der Waals surface area contributed by atoms with Crippen LogP contribution < -0.4 is 19.5 Å². The van der Waals surface area contributed by atoms with E-state index in [2.05, 4.69) is 5.32 Å². The number of halogens is 1. The number of rotatable bonds is 6. The molecule has 27 heavy (non-hydrogen) atoms. The molecule has 0 spiro atoms. The second kappa shape index (κ2) is 8.75. The van der Waals surface area contributed by atoms with Crippen LogP contribution in [0.2, 0.25) is 0 Å². The lowest BCUT2D eigenvalue weighted by molar-refractivity contribution is -0.124. The summed E-state index contributed by atoms with van der Waals surface area (Å²) in [6.07, 6.45) is 0.835. The van der Waals surface area contributed by atoms with Gasteiger partial charge in [0, 0.05) is 6.42 Å². The monoisotopic (exact) mass is 373 g/mol. The average Bonchev–Trinajstić information content (AvgIpc) is 2.90. The fourth-order valence-corrected chi connectivity index (χ4v) is 2.93. The number of benzene rings is 2. The van der Waals surface area contributed by atoms with E-state index in [1.54, 1.807) is 12.1 Å². The van der Waals surface area contributed by atoms with E-state index in [1.165, 1.54) is 12.1 Å².